The number of benzene rings is 1. The fraction of sp³-hybridized carbons (Fsp3) is 0.625. The van der Waals surface area contributed by atoms with Gasteiger partial charge < -0.3 is 13.9 Å². The van der Waals surface area contributed by atoms with Crippen LogP contribution in [-0.4, -0.2) is 11.5 Å². The minimum Gasteiger partial charge on any atom is -0.427 e. The van der Waals surface area contributed by atoms with Crippen LogP contribution in [0.2, 0.25) is 0 Å². The van der Waals surface area contributed by atoms with E-state index in [-0.39, 0.29) is 10.8 Å². The van der Waals surface area contributed by atoms with Crippen molar-refractivity contribution in [3.05, 3.63) is 29.3 Å². The highest BCUT2D eigenvalue weighted by molar-refractivity contribution is 7.41. The van der Waals surface area contributed by atoms with E-state index in [4.69, 9.17) is 9.05 Å². The van der Waals surface area contributed by atoms with Crippen molar-refractivity contribution in [1.82, 2.24) is 0 Å². The van der Waals surface area contributed by atoms with E-state index in [9.17, 15) is 4.89 Å². The van der Waals surface area contributed by atoms with Crippen LogP contribution in [0.1, 0.15) is 59.6 Å². The molecule has 0 heterocycles. The van der Waals surface area contributed by atoms with Crippen molar-refractivity contribution in [2.45, 2.75) is 59.3 Å². The fourth-order valence-electron chi connectivity index (χ4n) is 1.88. The first-order valence-corrected chi connectivity index (χ1v) is 8.13. The third-order valence-corrected chi connectivity index (χ3v) is 3.90. The van der Waals surface area contributed by atoms with Gasteiger partial charge in [0, 0.05) is 5.56 Å². The van der Waals surface area contributed by atoms with Crippen LogP contribution in [-0.2, 0) is 15.4 Å². The molecule has 0 amide bonds. The SMILES string of the molecule is CCOP(O)Oc1ccc(C(C)(C)C)cc1C(C)(C)C. The molecule has 4 heteroatoms. The molecule has 1 atom stereocenters. The average Bonchev–Trinajstić information content (AvgIpc) is 2.26. The summed E-state index contributed by atoms with van der Waals surface area (Å²) in [4.78, 5) is 9.74. The van der Waals surface area contributed by atoms with Gasteiger partial charge in [0.25, 0.3) is 0 Å². The quantitative estimate of drug-likeness (QED) is 0.802. The Morgan fingerprint density at radius 1 is 1.05 bits per heavy atom. The summed E-state index contributed by atoms with van der Waals surface area (Å²) in [6.07, 6.45) is 0. The van der Waals surface area contributed by atoms with Crippen LogP contribution in [0.3, 0.4) is 0 Å². The molecule has 1 aromatic carbocycles. The Morgan fingerprint density at radius 3 is 2.10 bits per heavy atom. The summed E-state index contributed by atoms with van der Waals surface area (Å²) >= 11 is 0. The molecule has 0 aliphatic heterocycles. The Hall–Kier alpha value is -0.630. The van der Waals surface area contributed by atoms with Crippen LogP contribution in [0, 0.1) is 0 Å². The molecule has 1 unspecified atom stereocenters. The standard InChI is InChI=1S/C16H27O3P/c1-8-18-20(17)19-14-10-9-12(15(2,3)4)11-13(14)16(5,6)7/h9-11,17H,8H2,1-7H3. The second-order valence-corrected chi connectivity index (χ2v) is 7.87. The lowest BCUT2D eigenvalue weighted by atomic mass is 9.80. The van der Waals surface area contributed by atoms with Crippen molar-refractivity contribution in [2.75, 3.05) is 6.61 Å². The molecule has 0 fully saturated rings. The van der Waals surface area contributed by atoms with Gasteiger partial charge in [0.05, 0.1) is 6.61 Å². The third-order valence-electron chi connectivity index (χ3n) is 3.07. The van der Waals surface area contributed by atoms with E-state index in [0.717, 1.165) is 5.56 Å². The van der Waals surface area contributed by atoms with E-state index in [1.807, 2.05) is 13.0 Å². The molecule has 3 nitrogen and oxygen atoms in total. The number of rotatable bonds is 4. The first-order chi connectivity index (χ1) is 9.05. The van der Waals surface area contributed by atoms with Gasteiger partial charge >= 0.3 is 8.60 Å². The Bertz CT molecular complexity index is 444. The van der Waals surface area contributed by atoms with E-state index in [1.165, 1.54) is 5.56 Å². The van der Waals surface area contributed by atoms with Crippen LogP contribution in [0.5, 0.6) is 5.75 Å². The molecule has 0 spiro atoms. The van der Waals surface area contributed by atoms with Gasteiger partial charge in [-0.05, 0) is 29.4 Å². The minimum absolute atomic E-state index is 0.0566. The second-order valence-electron chi connectivity index (χ2n) is 6.96. The van der Waals surface area contributed by atoms with E-state index in [2.05, 4.69) is 53.7 Å². The van der Waals surface area contributed by atoms with Gasteiger partial charge in [0.1, 0.15) is 5.75 Å². The lowest BCUT2D eigenvalue weighted by Crippen LogP contribution is -2.17. The Morgan fingerprint density at radius 2 is 1.65 bits per heavy atom. The summed E-state index contributed by atoms with van der Waals surface area (Å²) in [5.41, 5.74) is 2.38. The average molecular weight is 298 g/mol. The molecule has 0 bridgehead atoms. The molecule has 0 aliphatic rings. The Kier molecular flexibility index (Phi) is 5.60. The van der Waals surface area contributed by atoms with Crippen molar-refractivity contribution in [3.63, 3.8) is 0 Å². The van der Waals surface area contributed by atoms with Crippen molar-refractivity contribution >= 4 is 8.60 Å². The Balaban J connectivity index is 3.18. The molecule has 0 radical (unpaired) electrons. The van der Waals surface area contributed by atoms with Crippen molar-refractivity contribution in [2.24, 2.45) is 0 Å². The molecule has 1 aromatic rings. The largest absolute Gasteiger partial charge is 0.427 e. The van der Waals surface area contributed by atoms with E-state index < -0.39 is 8.60 Å². The summed E-state index contributed by atoms with van der Waals surface area (Å²) in [6.45, 7) is 15.3. The highest BCUT2D eigenvalue weighted by Crippen LogP contribution is 2.41. The highest BCUT2D eigenvalue weighted by atomic mass is 31.2. The first kappa shape index (κ1) is 17.4. The van der Waals surface area contributed by atoms with Gasteiger partial charge in [0.2, 0.25) is 0 Å². The maximum absolute atomic E-state index is 9.74. The van der Waals surface area contributed by atoms with Gasteiger partial charge in [-0.15, -0.1) is 0 Å². The molecular weight excluding hydrogens is 271 g/mol. The van der Waals surface area contributed by atoms with Crippen LogP contribution in [0.25, 0.3) is 0 Å². The zero-order chi connectivity index (χ0) is 15.6. The summed E-state index contributed by atoms with van der Waals surface area (Å²) < 4.78 is 10.7. The Labute approximate surface area is 124 Å². The smallest absolute Gasteiger partial charge is 0.394 e. The normalized spacial score (nSPS) is 14.2. The molecule has 0 aliphatic carbocycles. The van der Waals surface area contributed by atoms with Crippen LogP contribution >= 0.6 is 8.60 Å². The molecule has 0 saturated carbocycles. The van der Waals surface area contributed by atoms with Gasteiger partial charge in [-0.1, -0.05) is 53.7 Å². The maximum Gasteiger partial charge on any atom is 0.394 e. The first-order valence-electron chi connectivity index (χ1n) is 7.00. The molecule has 0 saturated heterocycles. The monoisotopic (exact) mass is 298 g/mol. The highest BCUT2D eigenvalue weighted by Gasteiger charge is 2.24. The topological polar surface area (TPSA) is 38.7 Å². The van der Waals surface area contributed by atoms with E-state index >= 15 is 0 Å². The van der Waals surface area contributed by atoms with Gasteiger partial charge in [-0.3, -0.25) is 0 Å². The number of hydrogen-bond donors (Lipinski definition) is 1. The minimum atomic E-state index is -1.86. The molecule has 0 aromatic heterocycles. The number of hydrogen-bond acceptors (Lipinski definition) is 3. The maximum atomic E-state index is 9.74. The van der Waals surface area contributed by atoms with E-state index in [0.29, 0.717) is 12.4 Å². The summed E-state index contributed by atoms with van der Waals surface area (Å²) in [5, 5.41) is 0. The lowest BCUT2D eigenvalue weighted by molar-refractivity contribution is 0.273. The van der Waals surface area contributed by atoms with Gasteiger partial charge in [0.15, 0.2) is 0 Å². The van der Waals surface area contributed by atoms with Crippen molar-refractivity contribution in [3.8, 4) is 5.75 Å². The summed E-state index contributed by atoms with van der Waals surface area (Å²) in [7, 11) is -1.86. The molecule has 1 N–H and O–H groups in total. The summed E-state index contributed by atoms with van der Waals surface area (Å²) in [5.74, 6) is 0.701. The van der Waals surface area contributed by atoms with Gasteiger partial charge in [-0.2, -0.15) is 0 Å². The fourth-order valence-corrected chi connectivity index (χ4v) is 2.48. The van der Waals surface area contributed by atoms with Crippen LogP contribution in [0.15, 0.2) is 18.2 Å². The third kappa shape index (κ3) is 4.73. The molecule has 1 rings (SSSR count). The second kappa shape index (κ2) is 6.43. The summed E-state index contributed by atoms with van der Waals surface area (Å²) in [6, 6.07) is 6.16. The predicted molar refractivity (Wildman–Crippen MR) is 85.2 cm³/mol. The van der Waals surface area contributed by atoms with Crippen LogP contribution in [0.4, 0.5) is 0 Å². The van der Waals surface area contributed by atoms with Crippen molar-refractivity contribution in [1.29, 1.82) is 0 Å². The lowest BCUT2D eigenvalue weighted by Gasteiger charge is -2.27. The van der Waals surface area contributed by atoms with E-state index in [1.54, 1.807) is 0 Å². The molecule has 114 valence electrons. The van der Waals surface area contributed by atoms with Crippen LogP contribution < -0.4 is 4.52 Å². The zero-order valence-electron chi connectivity index (χ0n) is 13.7. The van der Waals surface area contributed by atoms with Gasteiger partial charge in [-0.25, -0.2) is 0 Å². The molecule has 20 heavy (non-hydrogen) atoms. The van der Waals surface area contributed by atoms with Crippen molar-refractivity contribution < 1.29 is 13.9 Å². The zero-order valence-corrected chi connectivity index (χ0v) is 14.5. The predicted octanol–water partition coefficient (Wildman–Crippen LogP) is 4.92. The molecular formula is C16H27O3P.